The second-order valence-corrected chi connectivity index (χ2v) is 4.75. The molecule has 1 unspecified atom stereocenters. The zero-order chi connectivity index (χ0) is 15.2. The minimum absolute atomic E-state index is 0.109. The third kappa shape index (κ3) is 4.03. The molecule has 21 heavy (non-hydrogen) atoms. The third-order valence-corrected chi connectivity index (χ3v) is 3.23. The third-order valence-electron chi connectivity index (χ3n) is 3.23. The van der Waals surface area contributed by atoms with Crippen LogP contribution in [0.3, 0.4) is 0 Å². The first-order valence-electron chi connectivity index (χ1n) is 7.03. The van der Waals surface area contributed by atoms with E-state index in [4.69, 9.17) is 9.47 Å². The summed E-state index contributed by atoms with van der Waals surface area (Å²) in [6.45, 7) is 5.59. The molecule has 6 nitrogen and oxygen atoms in total. The summed E-state index contributed by atoms with van der Waals surface area (Å²) in [5.74, 6) is -0.355. The molecule has 0 bridgehead atoms. The van der Waals surface area contributed by atoms with Gasteiger partial charge in [-0.25, -0.2) is 0 Å². The van der Waals surface area contributed by atoms with Gasteiger partial charge in [0.25, 0.3) is 11.8 Å². The van der Waals surface area contributed by atoms with Crippen molar-refractivity contribution < 1.29 is 19.1 Å². The molecule has 1 aliphatic heterocycles. The van der Waals surface area contributed by atoms with Crippen molar-refractivity contribution in [2.45, 2.75) is 26.5 Å². The Morgan fingerprint density at radius 3 is 3.00 bits per heavy atom. The zero-order valence-corrected chi connectivity index (χ0v) is 12.3. The van der Waals surface area contributed by atoms with E-state index in [2.05, 4.69) is 10.6 Å². The number of amides is 2. The molecule has 6 heteroatoms. The highest BCUT2D eigenvalue weighted by molar-refractivity contribution is 6.01. The maximum absolute atomic E-state index is 12.0. The summed E-state index contributed by atoms with van der Waals surface area (Å²) in [5, 5.41) is 5.49. The minimum Gasteiger partial charge on any atom is -0.379 e. The topological polar surface area (TPSA) is 76.7 Å². The number of hydrogen-bond acceptors (Lipinski definition) is 4. The smallest absolute Gasteiger partial charge is 0.253 e. The van der Waals surface area contributed by atoms with Crippen molar-refractivity contribution in [1.82, 2.24) is 5.32 Å². The van der Waals surface area contributed by atoms with Gasteiger partial charge in [-0.3, -0.25) is 9.59 Å². The highest BCUT2D eigenvalue weighted by Gasteiger charge is 2.20. The van der Waals surface area contributed by atoms with Gasteiger partial charge in [-0.05, 0) is 31.5 Å². The summed E-state index contributed by atoms with van der Waals surface area (Å²) >= 11 is 0. The molecule has 2 N–H and O–H groups in total. The monoisotopic (exact) mass is 292 g/mol. The summed E-state index contributed by atoms with van der Waals surface area (Å²) < 4.78 is 10.5. The second-order valence-electron chi connectivity index (χ2n) is 4.75. The average Bonchev–Trinajstić information content (AvgIpc) is 2.84. The normalized spacial score (nSPS) is 14.5. The zero-order valence-electron chi connectivity index (χ0n) is 12.3. The van der Waals surface area contributed by atoms with Crippen LogP contribution in [0.25, 0.3) is 0 Å². The van der Waals surface area contributed by atoms with Gasteiger partial charge in [0, 0.05) is 24.4 Å². The van der Waals surface area contributed by atoms with E-state index in [1.807, 2.05) is 13.0 Å². The molecule has 0 saturated heterocycles. The van der Waals surface area contributed by atoms with Gasteiger partial charge >= 0.3 is 0 Å². The Labute approximate surface area is 123 Å². The molecule has 1 aromatic rings. The van der Waals surface area contributed by atoms with Crippen LogP contribution < -0.4 is 10.6 Å². The Hall–Kier alpha value is -1.92. The van der Waals surface area contributed by atoms with Gasteiger partial charge in [0.15, 0.2) is 0 Å². The molecule has 1 atom stereocenters. The molecule has 0 spiro atoms. The Morgan fingerprint density at radius 1 is 1.43 bits per heavy atom. The van der Waals surface area contributed by atoms with Crippen LogP contribution in [0.2, 0.25) is 0 Å². The fourth-order valence-electron chi connectivity index (χ4n) is 2.04. The Kier molecular flexibility index (Phi) is 5.30. The number of anilines is 1. The van der Waals surface area contributed by atoms with Crippen molar-refractivity contribution in [2.75, 3.05) is 25.1 Å². The SMILES string of the molecule is CCOCCOC(C)C(=O)Nc1ccc2c(c1)C(=O)NC2. The molecule has 1 aliphatic rings. The molecule has 0 fully saturated rings. The van der Waals surface area contributed by atoms with E-state index < -0.39 is 6.10 Å². The largest absolute Gasteiger partial charge is 0.379 e. The summed E-state index contributed by atoms with van der Waals surface area (Å²) in [6, 6.07) is 5.30. The van der Waals surface area contributed by atoms with E-state index in [9.17, 15) is 9.59 Å². The molecule has 1 aromatic carbocycles. The van der Waals surface area contributed by atoms with Crippen LogP contribution in [0, 0.1) is 0 Å². The van der Waals surface area contributed by atoms with E-state index in [1.54, 1.807) is 19.1 Å². The lowest BCUT2D eigenvalue weighted by Gasteiger charge is -2.13. The number of fused-ring (bicyclic) bond motifs is 1. The van der Waals surface area contributed by atoms with Crippen LogP contribution >= 0.6 is 0 Å². The number of hydrogen-bond donors (Lipinski definition) is 2. The molecule has 0 aromatic heterocycles. The number of rotatable bonds is 7. The number of carbonyl (C=O) groups is 2. The summed E-state index contributed by atoms with van der Waals surface area (Å²) in [7, 11) is 0. The van der Waals surface area contributed by atoms with Crippen LogP contribution in [0.15, 0.2) is 18.2 Å². The van der Waals surface area contributed by atoms with Gasteiger partial charge < -0.3 is 20.1 Å². The van der Waals surface area contributed by atoms with Crippen LogP contribution in [-0.4, -0.2) is 37.7 Å². The molecule has 2 amide bonds. The van der Waals surface area contributed by atoms with E-state index in [-0.39, 0.29) is 11.8 Å². The van der Waals surface area contributed by atoms with E-state index in [0.717, 1.165) is 5.56 Å². The summed E-state index contributed by atoms with van der Waals surface area (Å²) in [5.41, 5.74) is 2.15. The lowest BCUT2D eigenvalue weighted by Crippen LogP contribution is -2.29. The maximum Gasteiger partial charge on any atom is 0.253 e. The first kappa shape index (κ1) is 15.5. The Morgan fingerprint density at radius 2 is 2.24 bits per heavy atom. The van der Waals surface area contributed by atoms with Crippen molar-refractivity contribution in [1.29, 1.82) is 0 Å². The Bertz CT molecular complexity index is 530. The number of ether oxygens (including phenoxy) is 2. The summed E-state index contributed by atoms with van der Waals surface area (Å²) in [6.07, 6.45) is -0.576. The van der Waals surface area contributed by atoms with Crippen LogP contribution in [0.1, 0.15) is 29.8 Å². The van der Waals surface area contributed by atoms with Crippen LogP contribution in [-0.2, 0) is 20.8 Å². The average molecular weight is 292 g/mol. The second kappa shape index (κ2) is 7.19. The summed E-state index contributed by atoms with van der Waals surface area (Å²) in [4.78, 5) is 23.6. The maximum atomic E-state index is 12.0. The molecule has 2 rings (SSSR count). The first-order chi connectivity index (χ1) is 10.1. The fraction of sp³-hybridized carbons (Fsp3) is 0.467. The first-order valence-corrected chi connectivity index (χ1v) is 7.03. The number of benzene rings is 1. The predicted octanol–water partition coefficient (Wildman–Crippen LogP) is 1.31. The van der Waals surface area contributed by atoms with Crippen LogP contribution in [0.5, 0.6) is 0 Å². The van der Waals surface area contributed by atoms with Gasteiger partial charge in [-0.2, -0.15) is 0 Å². The molecule has 0 radical (unpaired) electrons. The van der Waals surface area contributed by atoms with E-state index in [0.29, 0.717) is 37.6 Å². The molecule has 1 heterocycles. The molecule has 0 saturated carbocycles. The van der Waals surface area contributed by atoms with Crippen molar-refractivity contribution in [3.05, 3.63) is 29.3 Å². The van der Waals surface area contributed by atoms with Gasteiger partial charge in [0.2, 0.25) is 0 Å². The molecule has 114 valence electrons. The van der Waals surface area contributed by atoms with Gasteiger partial charge in [-0.1, -0.05) is 6.07 Å². The number of carbonyl (C=O) groups excluding carboxylic acids is 2. The van der Waals surface area contributed by atoms with Crippen LogP contribution in [0.4, 0.5) is 5.69 Å². The highest BCUT2D eigenvalue weighted by Crippen LogP contribution is 2.20. The lowest BCUT2D eigenvalue weighted by molar-refractivity contribution is -0.127. The van der Waals surface area contributed by atoms with Crippen molar-refractivity contribution in [2.24, 2.45) is 0 Å². The molecule has 0 aliphatic carbocycles. The van der Waals surface area contributed by atoms with Crippen molar-refractivity contribution >= 4 is 17.5 Å². The molecular formula is C15H20N2O4. The van der Waals surface area contributed by atoms with Crippen molar-refractivity contribution in [3.8, 4) is 0 Å². The minimum atomic E-state index is -0.576. The Balaban J connectivity index is 1.88. The van der Waals surface area contributed by atoms with Crippen molar-refractivity contribution in [3.63, 3.8) is 0 Å². The predicted molar refractivity (Wildman–Crippen MR) is 78.1 cm³/mol. The number of nitrogens with one attached hydrogen (secondary N) is 2. The van der Waals surface area contributed by atoms with Gasteiger partial charge in [0.1, 0.15) is 6.10 Å². The van der Waals surface area contributed by atoms with E-state index >= 15 is 0 Å². The van der Waals surface area contributed by atoms with E-state index in [1.165, 1.54) is 0 Å². The quantitative estimate of drug-likeness (QED) is 0.743. The highest BCUT2D eigenvalue weighted by atomic mass is 16.5. The lowest BCUT2D eigenvalue weighted by atomic mass is 10.1. The standard InChI is InChI=1S/C15H20N2O4/c1-3-20-6-7-21-10(2)14(18)17-12-5-4-11-9-16-15(19)13(11)8-12/h4-5,8,10H,3,6-7,9H2,1-2H3,(H,16,19)(H,17,18). The van der Waals surface area contributed by atoms with Gasteiger partial charge in [0.05, 0.1) is 13.2 Å². The fourth-order valence-corrected chi connectivity index (χ4v) is 2.04. The molecular weight excluding hydrogens is 272 g/mol. The van der Waals surface area contributed by atoms with Gasteiger partial charge in [-0.15, -0.1) is 0 Å².